The second-order valence-electron chi connectivity index (χ2n) is 12.8. The molecule has 1 spiro atoms. The lowest BCUT2D eigenvalue weighted by Gasteiger charge is -2.31. The van der Waals surface area contributed by atoms with Gasteiger partial charge in [-0.15, -0.1) is 0 Å². The number of ether oxygens (including phenoxy) is 1. The summed E-state index contributed by atoms with van der Waals surface area (Å²) in [6, 6.07) is 23.8. The van der Waals surface area contributed by atoms with Crippen LogP contribution in [0, 0.1) is 5.92 Å². The molecule has 3 N–H and O–H groups in total. The van der Waals surface area contributed by atoms with Crippen LogP contribution in [-0.2, 0) is 37.8 Å². The highest BCUT2D eigenvalue weighted by Crippen LogP contribution is 2.60. The average molecular weight is 648 g/mol. The van der Waals surface area contributed by atoms with E-state index in [1.165, 1.54) is 6.92 Å². The third kappa shape index (κ3) is 6.50. The number of hydrogen-bond donors (Lipinski definition) is 3. The first-order valence-corrected chi connectivity index (χ1v) is 18.6. The Morgan fingerprint density at radius 1 is 1.07 bits per heavy atom. The fourth-order valence-electron chi connectivity index (χ4n) is 7.05. The minimum atomic E-state index is -3.49. The van der Waals surface area contributed by atoms with Crippen LogP contribution in [0.3, 0.4) is 0 Å². The fraction of sp³-hybridized carbons (Fsp3) is 0.400. The van der Waals surface area contributed by atoms with Crippen molar-refractivity contribution in [3.05, 3.63) is 95.6 Å². The standard InChI is InChI=1S/C35H42FN3O6Si/c1-23-32(46(3,4)36)30(20-31(42)38(17-18-40)21-25-11-6-5-7-12-25)45-35(23)28-15-8-9-16-29(28)39(34(35)44)22-26-13-10-14-27(19-26)37-33(43)24(2)41/h5-16,19,23-24,30,32,40-41H,17-18,20-22H2,1-4H3,(H,37,43)/t23-,24+,30+,32-,35+/m1/s1. The molecule has 0 unspecified atom stereocenters. The lowest BCUT2D eigenvalue weighted by atomic mass is 9.82. The van der Waals surface area contributed by atoms with Crippen molar-refractivity contribution in [2.45, 2.75) is 69.8 Å². The molecule has 3 amide bonds. The number of nitrogens with zero attached hydrogens (tertiary/aromatic N) is 2. The Morgan fingerprint density at radius 2 is 1.74 bits per heavy atom. The van der Waals surface area contributed by atoms with E-state index in [2.05, 4.69) is 5.32 Å². The van der Waals surface area contributed by atoms with Crippen molar-refractivity contribution in [3.63, 3.8) is 0 Å². The average Bonchev–Trinajstić information content (AvgIpc) is 3.44. The number of halogens is 1. The van der Waals surface area contributed by atoms with Crippen LogP contribution in [0.5, 0.6) is 0 Å². The topological polar surface area (TPSA) is 119 Å². The molecule has 1 fully saturated rings. The minimum Gasteiger partial charge on any atom is -0.395 e. The SMILES string of the molecule is C[C@H](O)C(=O)Nc1cccc(CN2C(=O)[C@@]3(O[C@@H](CC(=O)N(CCO)Cc4ccccc4)[C@H]([Si](C)(C)F)[C@H]3C)c3ccccc32)c1. The van der Waals surface area contributed by atoms with E-state index < -0.39 is 43.6 Å². The quantitative estimate of drug-likeness (QED) is 0.204. The summed E-state index contributed by atoms with van der Waals surface area (Å²) in [6.45, 7) is 6.78. The Hall–Kier alpha value is -3.90. The number of fused-ring (bicyclic) bond motifs is 2. The summed E-state index contributed by atoms with van der Waals surface area (Å²) in [5.74, 6) is -1.71. The molecule has 2 aliphatic rings. The molecule has 0 bridgehead atoms. The van der Waals surface area contributed by atoms with E-state index in [0.717, 1.165) is 11.1 Å². The van der Waals surface area contributed by atoms with E-state index in [-0.39, 0.29) is 37.9 Å². The molecule has 0 saturated carbocycles. The zero-order valence-corrected chi connectivity index (χ0v) is 27.7. The summed E-state index contributed by atoms with van der Waals surface area (Å²) >= 11 is 0. The van der Waals surface area contributed by atoms with Crippen molar-refractivity contribution < 1.29 is 33.4 Å². The number of aliphatic hydroxyl groups excluding tert-OH is 2. The maximum atomic E-state index is 16.2. The summed E-state index contributed by atoms with van der Waals surface area (Å²) in [7, 11) is -3.49. The Kier molecular flexibility index (Phi) is 9.78. The van der Waals surface area contributed by atoms with E-state index in [1.54, 1.807) is 41.1 Å². The van der Waals surface area contributed by atoms with Crippen molar-refractivity contribution in [2.24, 2.45) is 5.92 Å². The van der Waals surface area contributed by atoms with Gasteiger partial charge in [-0.3, -0.25) is 14.4 Å². The molecule has 46 heavy (non-hydrogen) atoms. The van der Waals surface area contributed by atoms with Gasteiger partial charge in [-0.25, -0.2) is 0 Å². The van der Waals surface area contributed by atoms with Gasteiger partial charge in [-0.05, 0) is 49.3 Å². The number of amides is 3. The predicted octanol–water partition coefficient (Wildman–Crippen LogP) is 4.74. The molecule has 0 aromatic heterocycles. The van der Waals surface area contributed by atoms with E-state index in [0.29, 0.717) is 23.5 Å². The molecule has 1 saturated heterocycles. The van der Waals surface area contributed by atoms with Crippen molar-refractivity contribution >= 4 is 37.5 Å². The first-order valence-electron chi connectivity index (χ1n) is 15.7. The summed E-state index contributed by atoms with van der Waals surface area (Å²) in [4.78, 5) is 43.6. The fourth-order valence-corrected chi connectivity index (χ4v) is 9.55. The second kappa shape index (κ2) is 13.4. The maximum Gasteiger partial charge on any atom is 0.264 e. The van der Waals surface area contributed by atoms with Crippen LogP contribution < -0.4 is 10.2 Å². The number of nitrogens with one attached hydrogen (secondary N) is 1. The number of carbonyl (C=O) groups excluding carboxylic acids is 3. The van der Waals surface area contributed by atoms with Crippen LogP contribution in [-0.4, -0.2) is 66.6 Å². The van der Waals surface area contributed by atoms with Crippen molar-refractivity contribution in [1.82, 2.24) is 4.90 Å². The zero-order valence-electron chi connectivity index (χ0n) is 26.7. The van der Waals surface area contributed by atoms with Gasteiger partial charge < -0.3 is 34.2 Å². The van der Waals surface area contributed by atoms with Gasteiger partial charge in [0.15, 0.2) is 5.60 Å². The van der Waals surface area contributed by atoms with Crippen molar-refractivity contribution in [3.8, 4) is 0 Å². The van der Waals surface area contributed by atoms with Crippen LogP contribution in [0.1, 0.15) is 37.0 Å². The minimum absolute atomic E-state index is 0.120. The van der Waals surface area contributed by atoms with Gasteiger partial charge >= 0.3 is 0 Å². The molecule has 9 nitrogen and oxygen atoms in total. The van der Waals surface area contributed by atoms with Crippen LogP contribution in [0.2, 0.25) is 18.6 Å². The highest BCUT2D eigenvalue weighted by atomic mass is 28.4. The summed E-state index contributed by atoms with van der Waals surface area (Å²) < 4.78 is 23.0. The van der Waals surface area contributed by atoms with E-state index >= 15 is 4.11 Å². The molecule has 244 valence electrons. The molecule has 3 aromatic carbocycles. The van der Waals surface area contributed by atoms with Gasteiger partial charge in [0.2, 0.25) is 14.3 Å². The highest BCUT2D eigenvalue weighted by molar-refractivity contribution is 6.72. The number of benzene rings is 3. The summed E-state index contributed by atoms with van der Waals surface area (Å²) in [6.07, 6.45) is -2.14. The summed E-state index contributed by atoms with van der Waals surface area (Å²) in [5, 5.41) is 22.0. The lowest BCUT2D eigenvalue weighted by Crippen LogP contribution is -2.45. The van der Waals surface area contributed by atoms with Gasteiger partial charge in [0.25, 0.3) is 11.8 Å². The second-order valence-corrected chi connectivity index (χ2v) is 16.6. The van der Waals surface area contributed by atoms with Gasteiger partial charge in [0.05, 0.1) is 31.4 Å². The largest absolute Gasteiger partial charge is 0.395 e. The Balaban J connectivity index is 1.45. The summed E-state index contributed by atoms with van der Waals surface area (Å²) in [5.41, 5.74) is 1.27. The number of para-hydroxylation sites is 1. The third-order valence-electron chi connectivity index (χ3n) is 9.10. The smallest absolute Gasteiger partial charge is 0.264 e. The Morgan fingerprint density at radius 3 is 2.41 bits per heavy atom. The number of rotatable bonds is 11. The monoisotopic (exact) mass is 647 g/mol. The number of carbonyl (C=O) groups is 3. The van der Waals surface area contributed by atoms with Gasteiger partial charge in [0.1, 0.15) is 6.10 Å². The van der Waals surface area contributed by atoms with Crippen LogP contribution >= 0.6 is 0 Å². The van der Waals surface area contributed by atoms with Gasteiger partial charge in [0, 0.05) is 35.8 Å². The van der Waals surface area contributed by atoms with Crippen LogP contribution in [0.4, 0.5) is 15.5 Å². The number of aliphatic hydroxyl groups is 2. The van der Waals surface area contributed by atoms with E-state index in [4.69, 9.17) is 4.74 Å². The molecule has 11 heteroatoms. The molecule has 3 aromatic rings. The normalized spacial score (nSPS) is 23.0. The first-order chi connectivity index (χ1) is 21.9. The van der Waals surface area contributed by atoms with Crippen molar-refractivity contribution in [1.29, 1.82) is 0 Å². The lowest BCUT2D eigenvalue weighted by molar-refractivity contribution is -0.150. The molecular formula is C35H42FN3O6Si. The molecule has 5 rings (SSSR count). The van der Waals surface area contributed by atoms with Crippen LogP contribution in [0.25, 0.3) is 0 Å². The molecular weight excluding hydrogens is 605 g/mol. The maximum absolute atomic E-state index is 16.2. The van der Waals surface area contributed by atoms with Gasteiger partial charge in [-0.1, -0.05) is 67.6 Å². The van der Waals surface area contributed by atoms with E-state index in [1.807, 2.05) is 67.6 Å². The Bertz CT molecular complexity index is 1580. The number of hydrogen-bond acceptors (Lipinski definition) is 6. The first kappa shape index (κ1) is 33.5. The van der Waals surface area contributed by atoms with Crippen LogP contribution in [0.15, 0.2) is 78.9 Å². The highest BCUT2D eigenvalue weighted by Gasteiger charge is 2.66. The number of anilines is 2. The molecule has 2 aliphatic heterocycles. The molecule has 0 radical (unpaired) electrons. The predicted molar refractivity (Wildman–Crippen MR) is 176 cm³/mol. The van der Waals surface area contributed by atoms with E-state index in [9.17, 15) is 24.6 Å². The third-order valence-corrected chi connectivity index (χ3v) is 11.6. The van der Waals surface area contributed by atoms with Gasteiger partial charge in [-0.2, -0.15) is 0 Å². The molecule has 2 heterocycles. The van der Waals surface area contributed by atoms with Crippen molar-refractivity contribution in [2.75, 3.05) is 23.4 Å². The Labute approximate surface area is 270 Å². The zero-order chi connectivity index (χ0) is 33.2. The molecule has 0 aliphatic carbocycles. The molecule has 5 atom stereocenters.